The third-order valence-corrected chi connectivity index (χ3v) is 6.88. The number of fused-ring (bicyclic) bond motifs is 2. The highest BCUT2D eigenvalue weighted by atomic mass is 127. The van der Waals surface area contributed by atoms with Crippen LogP contribution in [-0.2, 0) is 19.7 Å². The van der Waals surface area contributed by atoms with Crippen molar-refractivity contribution in [3.05, 3.63) is 64.2 Å². The molecule has 0 saturated heterocycles. The van der Waals surface area contributed by atoms with Crippen molar-refractivity contribution in [1.82, 2.24) is 0 Å². The molecule has 0 aromatic heterocycles. The van der Waals surface area contributed by atoms with Gasteiger partial charge < -0.3 is 9.47 Å². The molecular weight excluding hydrogens is 571 g/mol. The summed E-state index contributed by atoms with van der Waals surface area (Å²) in [5, 5.41) is 8.12. The van der Waals surface area contributed by atoms with Crippen molar-refractivity contribution in [2.24, 2.45) is 0 Å². The predicted octanol–water partition coefficient (Wildman–Crippen LogP) is 6.42. The van der Waals surface area contributed by atoms with Gasteiger partial charge in [-0.15, -0.1) is 0 Å². The molecule has 2 amide bonds. The quantitative estimate of drug-likeness (QED) is 0.249. The molecule has 2 atom stereocenters. The second-order valence-electron chi connectivity index (χ2n) is 11.5. The normalized spacial score (nSPS) is 20.8. The molecule has 190 valence electrons. The minimum absolute atomic E-state index is 0.222. The van der Waals surface area contributed by atoms with Crippen molar-refractivity contribution in [1.29, 1.82) is 5.41 Å². The van der Waals surface area contributed by atoms with Gasteiger partial charge in [0.1, 0.15) is 14.9 Å². The number of esters is 1. The predicted molar refractivity (Wildman–Crippen MR) is 146 cm³/mol. The first-order valence-electron chi connectivity index (χ1n) is 11.9. The Morgan fingerprint density at radius 3 is 2.22 bits per heavy atom. The van der Waals surface area contributed by atoms with Gasteiger partial charge in [0.25, 0.3) is 0 Å². The second kappa shape index (κ2) is 8.68. The summed E-state index contributed by atoms with van der Waals surface area (Å²) in [7, 11) is 0. The van der Waals surface area contributed by atoms with Crippen LogP contribution in [0.4, 0.5) is 10.5 Å². The highest BCUT2D eigenvalue weighted by Crippen LogP contribution is 2.66. The molecule has 7 nitrogen and oxygen atoms in total. The lowest BCUT2D eigenvalue weighted by Crippen LogP contribution is -2.41. The van der Waals surface area contributed by atoms with Crippen LogP contribution < -0.4 is 4.90 Å². The lowest BCUT2D eigenvalue weighted by molar-refractivity contribution is -0.120. The van der Waals surface area contributed by atoms with Gasteiger partial charge in [-0.3, -0.25) is 10.2 Å². The zero-order valence-electron chi connectivity index (χ0n) is 21.6. The summed E-state index contributed by atoms with van der Waals surface area (Å²) in [5.74, 6) is -1.05. The van der Waals surface area contributed by atoms with Crippen LogP contribution in [0, 0.1) is 12.3 Å². The minimum atomic E-state index is -0.900. The number of imide groups is 1. The lowest BCUT2D eigenvalue weighted by atomic mass is 9.90. The first kappa shape index (κ1) is 26.3. The minimum Gasteiger partial charge on any atom is -0.456 e. The molecule has 1 saturated carbocycles. The van der Waals surface area contributed by atoms with Crippen LogP contribution in [0.3, 0.4) is 0 Å². The highest BCUT2D eigenvalue weighted by molar-refractivity contribution is 14.1. The van der Waals surface area contributed by atoms with Gasteiger partial charge >= 0.3 is 12.1 Å². The molecule has 8 heteroatoms. The number of nitrogens with zero attached hydrogens (tertiary/aromatic N) is 1. The Morgan fingerprint density at radius 2 is 1.64 bits per heavy atom. The van der Waals surface area contributed by atoms with Crippen LogP contribution in [0.5, 0.6) is 0 Å². The Bertz CT molecular complexity index is 1300. The Labute approximate surface area is 225 Å². The van der Waals surface area contributed by atoms with Gasteiger partial charge in [-0.05, 0) is 101 Å². The van der Waals surface area contributed by atoms with Gasteiger partial charge in [-0.2, -0.15) is 0 Å². The molecule has 2 aromatic rings. The Balaban J connectivity index is 1.77. The number of aryl methyl sites for hydroxylation is 1. The van der Waals surface area contributed by atoms with Crippen LogP contribution in [0.15, 0.2) is 36.4 Å². The molecule has 1 heterocycles. The van der Waals surface area contributed by atoms with Crippen LogP contribution in [0.25, 0.3) is 0 Å². The van der Waals surface area contributed by atoms with Crippen LogP contribution >= 0.6 is 22.6 Å². The summed E-state index contributed by atoms with van der Waals surface area (Å²) in [4.78, 5) is 41.1. The van der Waals surface area contributed by atoms with Crippen molar-refractivity contribution in [3.63, 3.8) is 0 Å². The largest absolute Gasteiger partial charge is 0.456 e. The molecule has 1 spiro atoms. The van der Waals surface area contributed by atoms with Gasteiger partial charge in [-0.25, -0.2) is 14.5 Å². The van der Waals surface area contributed by atoms with Crippen molar-refractivity contribution >= 4 is 50.0 Å². The van der Waals surface area contributed by atoms with Gasteiger partial charge in [0, 0.05) is 11.5 Å². The first-order valence-corrected chi connectivity index (χ1v) is 12.9. The van der Waals surface area contributed by atoms with E-state index in [1.165, 1.54) is 0 Å². The number of anilines is 1. The number of hydrogen-bond donors (Lipinski definition) is 1. The topological polar surface area (TPSA) is 96.8 Å². The Morgan fingerprint density at radius 1 is 1.00 bits per heavy atom. The van der Waals surface area contributed by atoms with Gasteiger partial charge in [-0.1, -0.05) is 29.8 Å². The molecule has 1 aliphatic carbocycles. The summed E-state index contributed by atoms with van der Waals surface area (Å²) in [6.45, 7) is 12.6. The fraction of sp³-hybridized carbons (Fsp3) is 0.429. The number of halogens is 1. The SMILES string of the molecule is Cc1ccc2c(c1)[C@]1(C[C@H]1c1ccc(C(=N)I)c(C(=O)OC(C)(C)C)c1)C(=O)N2C(=O)OC(C)(C)C. The van der Waals surface area contributed by atoms with Crippen LogP contribution in [0.2, 0.25) is 0 Å². The Hall–Kier alpha value is -2.75. The zero-order valence-corrected chi connectivity index (χ0v) is 23.8. The van der Waals surface area contributed by atoms with Crippen LogP contribution in [-0.4, -0.2) is 32.9 Å². The van der Waals surface area contributed by atoms with Gasteiger partial charge in [0.2, 0.25) is 5.91 Å². The fourth-order valence-electron chi connectivity index (χ4n) is 4.79. The van der Waals surface area contributed by atoms with E-state index in [2.05, 4.69) is 0 Å². The van der Waals surface area contributed by atoms with Gasteiger partial charge in [0.05, 0.1) is 16.7 Å². The van der Waals surface area contributed by atoms with E-state index in [-0.39, 0.29) is 15.5 Å². The standard InChI is InChI=1S/C28H31IN2O5/c1-15-8-11-21-19(12-15)28(24(33)31(21)25(34)36-27(5,6)7)14-20(28)16-9-10-17(22(29)30)18(13-16)23(32)35-26(2,3)4/h8-13,20,30H,14H2,1-7H3/t20-,28-/m0/s1. The number of nitrogens with one attached hydrogen (secondary N) is 1. The number of amides is 2. The first-order chi connectivity index (χ1) is 16.5. The Kier molecular flexibility index (Phi) is 6.34. The van der Waals surface area contributed by atoms with E-state index in [1.54, 1.807) is 59.7 Å². The van der Waals surface area contributed by atoms with Crippen molar-refractivity contribution < 1.29 is 23.9 Å². The summed E-state index contributed by atoms with van der Waals surface area (Å²) >= 11 is 1.87. The summed E-state index contributed by atoms with van der Waals surface area (Å²) < 4.78 is 11.4. The maximum absolute atomic E-state index is 13.8. The molecule has 0 unspecified atom stereocenters. The molecule has 1 fully saturated rings. The summed E-state index contributed by atoms with van der Waals surface area (Å²) in [6, 6.07) is 11.0. The van der Waals surface area contributed by atoms with E-state index in [1.807, 2.05) is 47.7 Å². The number of ether oxygens (including phenoxy) is 2. The van der Waals surface area contributed by atoms with Crippen LogP contribution in [0.1, 0.15) is 86.5 Å². The smallest absolute Gasteiger partial charge is 0.421 e. The number of hydrogen-bond acceptors (Lipinski definition) is 6. The van der Waals surface area contributed by atoms with E-state index in [9.17, 15) is 14.4 Å². The molecular formula is C28H31IN2O5. The molecule has 2 aromatic carbocycles. The number of rotatable bonds is 3. The average Bonchev–Trinajstić information content (AvgIpc) is 3.43. The molecule has 4 rings (SSSR count). The maximum Gasteiger partial charge on any atom is 0.421 e. The monoisotopic (exact) mass is 602 g/mol. The van der Waals surface area contributed by atoms with E-state index in [0.29, 0.717) is 23.2 Å². The van der Waals surface area contributed by atoms with Gasteiger partial charge in [0.15, 0.2) is 0 Å². The molecule has 0 radical (unpaired) electrons. The van der Waals surface area contributed by atoms with E-state index < -0.39 is 28.7 Å². The van der Waals surface area contributed by atoms with E-state index in [0.717, 1.165) is 21.6 Å². The number of benzene rings is 2. The zero-order chi connectivity index (χ0) is 26.8. The lowest BCUT2D eigenvalue weighted by Gasteiger charge is -2.24. The molecule has 1 N–H and O–H groups in total. The number of carbonyl (C=O) groups excluding carboxylic acids is 3. The van der Waals surface area contributed by atoms with Crippen molar-refractivity contribution in [3.8, 4) is 0 Å². The molecule has 0 bridgehead atoms. The molecule has 1 aliphatic heterocycles. The average molecular weight is 602 g/mol. The van der Waals surface area contributed by atoms with Crippen molar-refractivity contribution in [2.75, 3.05) is 4.90 Å². The molecule has 2 aliphatic rings. The highest BCUT2D eigenvalue weighted by Gasteiger charge is 2.68. The summed E-state index contributed by atoms with van der Waals surface area (Å²) in [5.41, 5.74) is 1.56. The van der Waals surface area contributed by atoms with E-state index in [4.69, 9.17) is 14.9 Å². The maximum atomic E-state index is 13.8. The molecule has 36 heavy (non-hydrogen) atoms. The van der Waals surface area contributed by atoms with E-state index >= 15 is 0 Å². The third kappa shape index (κ3) is 4.67. The summed E-state index contributed by atoms with van der Waals surface area (Å²) in [6.07, 6.45) is -0.181. The fourth-order valence-corrected chi connectivity index (χ4v) is 5.26. The second-order valence-corrected chi connectivity index (χ2v) is 12.6. The number of carbonyl (C=O) groups is 3. The third-order valence-electron chi connectivity index (χ3n) is 6.30. The van der Waals surface area contributed by atoms with Crippen molar-refractivity contribution in [2.45, 2.75) is 77.4 Å².